The van der Waals surface area contributed by atoms with E-state index in [2.05, 4.69) is 28.3 Å². The summed E-state index contributed by atoms with van der Waals surface area (Å²) in [6, 6.07) is 16.8. The molecule has 0 unspecified atom stereocenters. The van der Waals surface area contributed by atoms with E-state index in [9.17, 15) is 4.79 Å². The third-order valence-corrected chi connectivity index (χ3v) is 5.25. The zero-order chi connectivity index (χ0) is 22.3. The van der Waals surface area contributed by atoms with Crippen molar-refractivity contribution in [3.8, 4) is 11.5 Å². The Bertz CT molecular complexity index is 1090. The lowest BCUT2D eigenvalue weighted by Crippen LogP contribution is -2.43. The molecule has 0 radical (unpaired) electrons. The second-order valence-corrected chi connectivity index (χ2v) is 7.74. The van der Waals surface area contributed by atoms with Crippen LogP contribution in [0.1, 0.15) is 40.8 Å². The number of nitrogens with one attached hydrogen (secondary N) is 3. The van der Waals surface area contributed by atoms with Crippen LogP contribution in [0.25, 0.3) is 0 Å². The molecule has 0 aliphatic heterocycles. The van der Waals surface area contributed by atoms with Gasteiger partial charge in [-0.05, 0) is 98.1 Å². The predicted octanol–water partition coefficient (Wildman–Crippen LogP) is 4.38. The van der Waals surface area contributed by atoms with E-state index in [1.807, 2.05) is 37.3 Å². The van der Waals surface area contributed by atoms with E-state index >= 15 is 0 Å². The van der Waals surface area contributed by atoms with Gasteiger partial charge in [0.25, 0.3) is 0 Å². The molecule has 0 spiro atoms. The van der Waals surface area contributed by atoms with Gasteiger partial charge in [-0.1, -0.05) is 6.07 Å². The van der Waals surface area contributed by atoms with Crippen LogP contribution in [0.5, 0.6) is 11.5 Å². The second kappa shape index (κ2) is 10.2. The van der Waals surface area contributed by atoms with Gasteiger partial charge in [0.15, 0.2) is 10.9 Å². The zero-order valence-electron chi connectivity index (χ0n) is 17.8. The quantitative estimate of drug-likeness (QED) is 0.363. The molecule has 0 saturated carbocycles. The van der Waals surface area contributed by atoms with Crippen molar-refractivity contribution in [2.45, 2.75) is 32.8 Å². The molecule has 0 fully saturated rings. The summed E-state index contributed by atoms with van der Waals surface area (Å²) in [6.45, 7) is 2.78. The predicted molar refractivity (Wildman–Crippen MR) is 126 cm³/mol. The van der Waals surface area contributed by atoms with Crippen LogP contribution in [-0.2, 0) is 19.4 Å². The Kier molecular flexibility index (Phi) is 6.91. The van der Waals surface area contributed by atoms with E-state index in [-0.39, 0.29) is 17.5 Å². The van der Waals surface area contributed by atoms with E-state index in [0.29, 0.717) is 12.4 Å². The van der Waals surface area contributed by atoms with Crippen LogP contribution in [0.2, 0.25) is 0 Å². The lowest BCUT2D eigenvalue weighted by Gasteiger charge is -2.11. The minimum absolute atomic E-state index is 0.161. The van der Waals surface area contributed by atoms with Crippen LogP contribution in [0.3, 0.4) is 0 Å². The number of thiocarbonyl (C=S) groups is 1. The Balaban J connectivity index is 1.23. The van der Waals surface area contributed by atoms with Gasteiger partial charge >= 0.3 is 5.91 Å². The van der Waals surface area contributed by atoms with Crippen molar-refractivity contribution >= 4 is 28.9 Å². The number of fused-ring (bicyclic) bond motifs is 1. The molecule has 7 nitrogen and oxygen atoms in total. The molecule has 2 aromatic carbocycles. The Hall–Kier alpha value is -3.52. The highest BCUT2D eigenvalue weighted by atomic mass is 32.1. The van der Waals surface area contributed by atoms with Gasteiger partial charge in [0.1, 0.15) is 23.9 Å². The highest BCUT2D eigenvalue weighted by Crippen LogP contribution is 2.26. The number of amides is 1. The Labute approximate surface area is 192 Å². The van der Waals surface area contributed by atoms with Gasteiger partial charge in [0.2, 0.25) is 0 Å². The topological polar surface area (TPSA) is 84.8 Å². The van der Waals surface area contributed by atoms with E-state index in [4.69, 9.17) is 26.1 Å². The van der Waals surface area contributed by atoms with Crippen LogP contribution in [-0.4, -0.2) is 17.6 Å². The molecule has 0 saturated heterocycles. The summed E-state index contributed by atoms with van der Waals surface area (Å²) in [5.41, 5.74) is 8.69. The summed E-state index contributed by atoms with van der Waals surface area (Å²) in [7, 11) is 0. The number of furan rings is 1. The highest BCUT2D eigenvalue weighted by Gasteiger charge is 2.14. The molecule has 0 bridgehead atoms. The average molecular weight is 452 g/mol. The lowest BCUT2D eigenvalue weighted by atomic mass is 10.1. The first-order chi connectivity index (χ1) is 15.6. The fraction of sp³-hybridized carbons (Fsp3) is 0.250. The minimum atomic E-state index is -0.440. The number of aryl methyl sites for hydroxylation is 2. The van der Waals surface area contributed by atoms with Crippen LogP contribution in [0, 0.1) is 0 Å². The summed E-state index contributed by atoms with van der Waals surface area (Å²) in [5, 5.41) is 3.22. The maximum atomic E-state index is 12.3. The number of ether oxygens (including phenoxy) is 2. The third-order valence-electron chi connectivity index (χ3n) is 5.05. The van der Waals surface area contributed by atoms with Crippen LogP contribution >= 0.6 is 12.2 Å². The number of benzene rings is 2. The summed E-state index contributed by atoms with van der Waals surface area (Å²) in [5.74, 6) is 1.86. The van der Waals surface area contributed by atoms with Gasteiger partial charge in [-0.3, -0.25) is 15.6 Å². The first-order valence-corrected chi connectivity index (χ1v) is 10.9. The molecular formula is C24H25N3O4S. The molecule has 32 heavy (non-hydrogen) atoms. The molecular weight excluding hydrogens is 426 g/mol. The standard InChI is InChI=1S/C24H25N3O4S/c1-2-29-19-10-7-18(8-11-19)25-24(32)27-26-23(28)22-13-12-21(31-22)15-30-20-9-6-16-4-3-5-17(16)14-20/h6-14H,2-5,15H2,1H3,(H,26,28)(H2,25,27,32). The second-order valence-electron chi connectivity index (χ2n) is 7.33. The third kappa shape index (κ3) is 5.59. The number of anilines is 1. The molecule has 0 atom stereocenters. The normalized spacial score (nSPS) is 12.0. The molecule has 1 aromatic heterocycles. The molecule has 3 aromatic rings. The van der Waals surface area contributed by atoms with Gasteiger partial charge in [-0.2, -0.15) is 0 Å². The van der Waals surface area contributed by atoms with Crippen LogP contribution in [0.15, 0.2) is 59.0 Å². The molecule has 1 aliphatic carbocycles. The molecule has 1 amide bonds. The maximum Gasteiger partial charge on any atom is 0.305 e. The smallest absolute Gasteiger partial charge is 0.305 e. The average Bonchev–Trinajstić information content (AvgIpc) is 3.47. The number of carbonyl (C=O) groups excluding carboxylic acids is 1. The van der Waals surface area contributed by atoms with E-state index in [1.165, 1.54) is 17.5 Å². The summed E-state index contributed by atoms with van der Waals surface area (Å²) >= 11 is 5.20. The van der Waals surface area contributed by atoms with Crippen molar-refractivity contribution in [1.82, 2.24) is 10.9 Å². The van der Waals surface area contributed by atoms with E-state index in [0.717, 1.165) is 30.0 Å². The largest absolute Gasteiger partial charge is 0.494 e. The molecule has 8 heteroatoms. The summed E-state index contributed by atoms with van der Waals surface area (Å²) in [6.07, 6.45) is 3.43. The molecule has 1 aliphatic rings. The number of rotatable bonds is 7. The number of carbonyl (C=O) groups is 1. The Morgan fingerprint density at radius 3 is 2.56 bits per heavy atom. The van der Waals surface area contributed by atoms with Crippen molar-refractivity contribution < 1.29 is 18.7 Å². The summed E-state index contributed by atoms with van der Waals surface area (Å²) < 4.78 is 16.8. The van der Waals surface area contributed by atoms with Crippen molar-refractivity contribution in [2.75, 3.05) is 11.9 Å². The SMILES string of the molecule is CCOc1ccc(NC(=S)NNC(=O)c2ccc(COc3ccc4c(c3)CCC4)o2)cc1. The van der Waals surface area contributed by atoms with Gasteiger partial charge in [0, 0.05) is 5.69 Å². The van der Waals surface area contributed by atoms with Gasteiger partial charge < -0.3 is 19.2 Å². The fourth-order valence-electron chi connectivity index (χ4n) is 3.51. The number of hydrogen-bond donors (Lipinski definition) is 3. The number of hydrogen-bond acceptors (Lipinski definition) is 5. The first-order valence-electron chi connectivity index (χ1n) is 10.5. The molecule has 1 heterocycles. The first kappa shape index (κ1) is 21.7. The van der Waals surface area contributed by atoms with Crippen LogP contribution < -0.4 is 25.6 Å². The number of hydrazine groups is 1. The van der Waals surface area contributed by atoms with Crippen molar-refractivity contribution in [2.24, 2.45) is 0 Å². The Morgan fingerprint density at radius 2 is 1.75 bits per heavy atom. The maximum absolute atomic E-state index is 12.3. The van der Waals surface area contributed by atoms with Crippen molar-refractivity contribution in [3.63, 3.8) is 0 Å². The minimum Gasteiger partial charge on any atom is -0.494 e. The zero-order valence-corrected chi connectivity index (χ0v) is 18.6. The van der Waals surface area contributed by atoms with Gasteiger partial charge in [-0.15, -0.1) is 0 Å². The van der Waals surface area contributed by atoms with Crippen LogP contribution in [0.4, 0.5) is 5.69 Å². The fourth-order valence-corrected chi connectivity index (χ4v) is 3.68. The molecule has 166 valence electrons. The lowest BCUT2D eigenvalue weighted by molar-refractivity contribution is 0.0912. The van der Waals surface area contributed by atoms with E-state index < -0.39 is 5.91 Å². The van der Waals surface area contributed by atoms with E-state index in [1.54, 1.807) is 12.1 Å². The van der Waals surface area contributed by atoms with Crippen molar-refractivity contribution in [1.29, 1.82) is 0 Å². The van der Waals surface area contributed by atoms with Gasteiger partial charge in [0.05, 0.1) is 6.61 Å². The summed E-state index contributed by atoms with van der Waals surface area (Å²) in [4.78, 5) is 12.3. The van der Waals surface area contributed by atoms with Crippen molar-refractivity contribution in [3.05, 3.63) is 77.2 Å². The van der Waals surface area contributed by atoms with Gasteiger partial charge in [-0.25, -0.2) is 0 Å². The Morgan fingerprint density at radius 1 is 0.969 bits per heavy atom. The highest BCUT2D eigenvalue weighted by molar-refractivity contribution is 7.80. The molecule has 3 N–H and O–H groups in total. The molecule has 4 rings (SSSR count). The monoisotopic (exact) mass is 451 g/mol.